The van der Waals surface area contributed by atoms with Gasteiger partial charge in [0, 0.05) is 24.3 Å². The van der Waals surface area contributed by atoms with Crippen LogP contribution in [-0.4, -0.2) is 19.4 Å². The van der Waals surface area contributed by atoms with Crippen LogP contribution >= 0.6 is 0 Å². The summed E-state index contributed by atoms with van der Waals surface area (Å²) in [7, 11) is 0. The molecule has 80 valence electrons. The molecule has 0 bridgehead atoms. The van der Waals surface area contributed by atoms with Gasteiger partial charge in [-0.05, 0) is 30.9 Å². The molecule has 1 heterocycles. The van der Waals surface area contributed by atoms with Gasteiger partial charge in [-0.1, -0.05) is 19.1 Å². The van der Waals surface area contributed by atoms with Crippen LogP contribution in [0.25, 0.3) is 0 Å². The molecule has 2 nitrogen and oxygen atoms in total. The van der Waals surface area contributed by atoms with E-state index in [1.165, 1.54) is 12.8 Å². The summed E-state index contributed by atoms with van der Waals surface area (Å²) in [5, 5.41) is 0. The van der Waals surface area contributed by atoms with Gasteiger partial charge in [0.2, 0.25) is 0 Å². The number of rotatable bonds is 2. The van der Waals surface area contributed by atoms with Crippen LogP contribution < -0.4 is 4.90 Å². The summed E-state index contributed by atoms with van der Waals surface area (Å²) in [4.78, 5) is 13.3. The number of hydrogen-bond donors (Lipinski definition) is 0. The third-order valence-corrected chi connectivity index (χ3v) is 3.06. The van der Waals surface area contributed by atoms with Gasteiger partial charge >= 0.3 is 0 Å². The third kappa shape index (κ3) is 2.20. The fraction of sp³-hybridized carbons (Fsp3) is 0.462. The monoisotopic (exact) mass is 203 g/mol. The average molecular weight is 203 g/mol. The van der Waals surface area contributed by atoms with Crippen molar-refractivity contribution < 1.29 is 4.79 Å². The van der Waals surface area contributed by atoms with Crippen molar-refractivity contribution in [2.45, 2.75) is 19.8 Å². The Kier molecular flexibility index (Phi) is 3.05. The molecule has 15 heavy (non-hydrogen) atoms. The van der Waals surface area contributed by atoms with E-state index in [4.69, 9.17) is 0 Å². The summed E-state index contributed by atoms with van der Waals surface area (Å²) < 4.78 is 0. The van der Waals surface area contributed by atoms with Crippen molar-refractivity contribution in [1.29, 1.82) is 0 Å². The first-order chi connectivity index (χ1) is 7.31. The highest BCUT2D eigenvalue weighted by atomic mass is 16.1. The van der Waals surface area contributed by atoms with Crippen LogP contribution in [0.4, 0.5) is 5.69 Å². The summed E-state index contributed by atoms with van der Waals surface area (Å²) in [5.41, 5.74) is 1.91. The Bertz CT molecular complexity index is 348. The predicted octanol–water partition coefficient (Wildman–Crippen LogP) is 2.74. The Morgan fingerprint density at radius 2 is 2.20 bits per heavy atom. The van der Waals surface area contributed by atoms with Crippen molar-refractivity contribution in [3.05, 3.63) is 29.8 Å². The number of benzene rings is 1. The molecule has 1 unspecified atom stereocenters. The number of anilines is 1. The molecule has 1 aliphatic heterocycles. The number of carbonyl (C=O) groups excluding carboxylic acids is 1. The first kappa shape index (κ1) is 10.2. The van der Waals surface area contributed by atoms with E-state index in [-0.39, 0.29) is 0 Å². The van der Waals surface area contributed by atoms with Gasteiger partial charge in [0.1, 0.15) is 0 Å². The van der Waals surface area contributed by atoms with Crippen molar-refractivity contribution in [1.82, 2.24) is 0 Å². The first-order valence-electron chi connectivity index (χ1n) is 5.60. The molecule has 2 rings (SSSR count). The average Bonchev–Trinajstić information content (AvgIpc) is 2.29. The number of aldehydes is 1. The van der Waals surface area contributed by atoms with E-state index in [0.717, 1.165) is 36.5 Å². The molecule has 1 saturated heterocycles. The largest absolute Gasteiger partial charge is 0.371 e. The van der Waals surface area contributed by atoms with Crippen molar-refractivity contribution in [2.75, 3.05) is 18.0 Å². The van der Waals surface area contributed by atoms with E-state index in [2.05, 4.69) is 11.8 Å². The molecule has 0 saturated carbocycles. The lowest BCUT2D eigenvalue weighted by atomic mass is 9.99. The maximum absolute atomic E-state index is 10.9. The van der Waals surface area contributed by atoms with E-state index in [1.807, 2.05) is 24.3 Å². The Morgan fingerprint density at radius 3 is 2.93 bits per heavy atom. The van der Waals surface area contributed by atoms with Crippen molar-refractivity contribution in [3.8, 4) is 0 Å². The minimum Gasteiger partial charge on any atom is -0.371 e. The summed E-state index contributed by atoms with van der Waals surface area (Å²) in [5.74, 6) is 0.735. The zero-order valence-corrected chi connectivity index (χ0v) is 9.15. The third-order valence-electron chi connectivity index (χ3n) is 3.06. The van der Waals surface area contributed by atoms with E-state index in [9.17, 15) is 4.79 Å². The van der Waals surface area contributed by atoms with Crippen LogP contribution in [0.2, 0.25) is 0 Å². The Morgan fingerprint density at radius 1 is 1.40 bits per heavy atom. The molecule has 0 amide bonds. The first-order valence-corrected chi connectivity index (χ1v) is 5.60. The van der Waals surface area contributed by atoms with E-state index < -0.39 is 0 Å². The number of carbonyl (C=O) groups is 1. The van der Waals surface area contributed by atoms with E-state index in [1.54, 1.807) is 0 Å². The van der Waals surface area contributed by atoms with Crippen molar-refractivity contribution in [3.63, 3.8) is 0 Å². The van der Waals surface area contributed by atoms with E-state index >= 15 is 0 Å². The summed E-state index contributed by atoms with van der Waals surface area (Å²) >= 11 is 0. The van der Waals surface area contributed by atoms with Crippen LogP contribution in [0.3, 0.4) is 0 Å². The van der Waals surface area contributed by atoms with Crippen LogP contribution in [-0.2, 0) is 0 Å². The molecule has 1 fully saturated rings. The van der Waals surface area contributed by atoms with Gasteiger partial charge in [-0.2, -0.15) is 0 Å². The Hall–Kier alpha value is -1.31. The molecule has 0 N–H and O–H groups in total. The standard InChI is InChI=1S/C13H17NO/c1-11-5-4-8-14(9-11)13-7-3-2-6-12(13)10-15/h2-3,6-7,10-11H,4-5,8-9H2,1H3. The van der Waals surface area contributed by atoms with Gasteiger partial charge in [-0.15, -0.1) is 0 Å². The van der Waals surface area contributed by atoms with Gasteiger partial charge in [0.05, 0.1) is 0 Å². The lowest BCUT2D eigenvalue weighted by Crippen LogP contribution is -2.34. The van der Waals surface area contributed by atoms with Crippen molar-refractivity contribution in [2.24, 2.45) is 5.92 Å². The summed E-state index contributed by atoms with van der Waals surface area (Å²) in [6.45, 7) is 4.43. The molecule has 0 radical (unpaired) electrons. The molecule has 0 aliphatic carbocycles. The lowest BCUT2D eigenvalue weighted by Gasteiger charge is -2.33. The molecule has 1 aromatic carbocycles. The molecular formula is C13H17NO. The highest BCUT2D eigenvalue weighted by molar-refractivity contribution is 5.84. The Labute approximate surface area is 90.9 Å². The number of para-hydroxylation sites is 1. The summed E-state index contributed by atoms with van der Waals surface area (Å²) in [6.07, 6.45) is 3.49. The second-order valence-corrected chi connectivity index (χ2v) is 4.37. The van der Waals surface area contributed by atoms with Gasteiger partial charge < -0.3 is 4.90 Å². The zero-order chi connectivity index (χ0) is 10.7. The maximum atomic E-state index is 10.9. The van der Waals surface area contributed by atoms with Crippen LogP contribution in [0, 0.1) is 5.92 Å². The zero-order valence-electron chi connectivity index (χ0n) is 9.15. The number of piperidine rings is 1. The topological polar surface area (TPSA) is 20.3 Å². The lowest BCUT2D eigenvalue weighted by molar-refractivity contribution is 0.112. The number of nitrogens with zero attached hydrogens (tertiary/aromatic N) is 1. The Balaban J connectivity index is 2.24. The van der Waals surface area contributed by atoms with E-state index in [0.29, 0.717) is 0 Å². The summed E-state index contributed by atoms with van der Waals surface area (Å²) in [6, 6.07) is 7.85. The minimum absolute atomic E-state index is 0.735. The molecule has 1 atom stereocenters. The fourth-order valence-corrected chi connectivity index (χ4v) is 2.28. The van der Waals surface area contributed by atoms with Crippen molar-refractivity contribution >= 4 is 12.0 Å². The molecule has 1 aliphatic rings. The maximum Gasteiger partial charge on any atom is 0.152 e. The normalized spacial score (nSPS) is 21.4. The van der Waals surface area contributed by atoms with Crippen LogP contribution in [0.15, 0.2) is 24.3 Å². The van der Waals surface area contributed by atoms with Crippen LogP contribution in [0.1, 0.15) is 30.1 Å². The molecular weight excluding hydrogens is 186 g/mol. The number of hydrogen-bond acceptors (Lipinski definition) is 2. The second kappa shape index (κ2) is 4.47. The predicted molar refractivity (Wildman–Crippen MR) is 62.4 cm³/mol. The smallest absolute Gasteiger partial charge is 0.152 e. The fourth-order valence-electron chi connectivity index (χ4n) is 2.28. The van der Waals surface area contributed by atoms with Gasteiger partial charge in [0.25, 0.3) is 0 Å². The SMILES string of the molecule is CC1CCCN(c2ccccc2C=O)C1. The van der Waals surface area contributed by atoms with Gasteiger partial charge in [-0.25, -0.2) is 0 Å². The minimum atomic E-state index is 0.735. The molecule has 2 heteroatoms. The molecule has 0 spiro atoms. The van der Waals surface area contributed by atoms with Gasteiger partial charge in [-0.3, -0.25) is 4.79 Å². The highest BCUT2D eigenvalue weighted by Gasteiger charge is 2.18. The second-order valence-electron chi connectivity index (χ2n) is 4.37. The quantitative estimate of drug-likeness (QED) is 0.689. The molecule has 1 aromatic rings. The highest BCUT2D eigenvalue weighted by Crippen LogP contribution is 2.25. The van der Waals surface area contributed by atoms with Gasteiger partial charge in [0.15, 0.2) is 6.29 Å². The van der Waals surface area contributed by atoms with Crippen LogP contribution in [0.5, 0.6) is 0 Å². The molecule has 0 aromatic heterocycles.